The summed E-state index contributed by atoms with van der Waals surface area (Å²) in [7, 11) is 0. The quantitative estimate of drug-likeness (QED) is 0.495. The van der Waals surface area contributed by atoms with E-state index in [1.807, 2.05) is 26.0 Å². The number of hydrogen-bond donors (Lipinski definition) is 1. The minimum absolute atomic E-state index is 0.446. The van der Waals surface area contributed by atoms with Gasteiger partial charge in [-0.05, 0) is 19.4 Å². The van der Waals surface area contributed by atoms with Crippen LogP contribution in [0.3, 0.4) is 0 Å². The van der Waals surface area contributed by atoms with Crippen molar-refractivity contribution in [1.29, 1.82) is 0 Å². The molecular formula is C9H15NO. The topological polar surface area (TPSA) is 35.2 Å². The summed E-state index contributed by atoms with van der Waals surface area (Å²) in [5.74, 6) is 4.93. The molecule has 0 spiro atoms. The predicted octanol–water partition coefficient (Wildman–Crippen LogP) is 1.96. The second-order valence-electron chi connectivity index (χ2n) is 2.27. The standard InChI is InChI=1S/C9H15NO/c1-4-8(3)6-9(5-2)7-11-10/h4-6H,1,7,10H2,2-3H3/b8-6-,9-5+. The molecule has 0 heterocycles. The highest BCUT2D eigenvalue weighted by Crippen LogP contribution is 2.02. The summed E-state index contributed by atoms with van der Waals surface area (Å²) in [4.78, 5) is 4.49. The monoisotopic (exact) mass is 153 g/mol. The second-order valence-corrected chi connectivity index (χ2v) is 2.27. The van der Waals surface area contributed by atoms with E-state index in [-0.39, 0.29) is 0 Å². The highest BCUT2D eigenvalue weighted by Gasteiger charge is 1.89. The fourth-order valence-corrected chi connectivity index (χ4v) is 0.656. The Balaban J connectivity index is 4.18. The van der Waals surface area contributed by atoms with Crippen molar-refractivity contribution < 1.29 is 4.84 Å². The molecule has 0 bridgehead atoms. The van der Waals surface area contributed by atoms with Crippen molar-refractivity contribution in [3.8, 4) is 0 Å². The average molecular weight is 153 g/mol. The van der Waals surface area contributed by atoms with E-state index in [0.29, 0.717) is 6.61 Å². The fourth-order valence-electron chi connectivity index (χ4n) is 0.656. The van der Waals surface area contributed by atoms with E-state index in [1.54, 1.807) is 6.08 Å². The minimum Gasteiger partial charge on any atom is -0.300 e. The lowest BCUT2D eigenvalue weighted by Gasteiger charge is -1.98. The number of nitrogens with two attached hydrogens (primary N) is 1. The largest absolute Gasteiger partial charge is 0.300 e. The first-order valence-electron chi connectivity index (χ1n) is 3.52. The summed E-state index contributed by atoms with van der Waals surface area (Å²) in [5, 5.41) is 0. The Labute approximate surface area is 68.0 Å². The van der Waals surface area contributed by atoms with Crippen LogP contribution in [0.1, 0.15) is 13.8 Å². The number of allylic oxidation sites excluding steroid dienone is 3. The summed E-state index contributed by atoms with van der Waals surface area (Å²) in [6, 6.07) is 0. The molecule has 0 aliphatic rings. The molecule has 0 aromatic carbocycles. The van der Waals surface area contributed by atoms with E-state index >= 15 is 0 Å². The van der Waals surface area contributed by atoms with Crippen molar-refractivity contribution in [2.75, 3.05) is 6.61 Å². The van der Waals surface area contributed by atoms with E-state index in [2.05, 4.69) is 11.4 Å². The Morgan fingerprint density at radius 3 is 2.64 bits per heavy atom. The molecule has 0 fully saturated rings. The van der Waals surface area contributed by atoms with E-state index in [9.17, 15) is 0 Å². The Kier molecular flexibility index (Phi) is 5.43. The summed E-state index contributed by atoms with van der Waals surface area (Å²) in [6.45, 7) is 8.01. The maximum Gasteiger partial charge on any atom is 0.0926 e. The lowest BCUT2D eigenvalue weighted by Crippen LogP contribution is -2.02. The number of hydrogen-bond acceptors (Lipinski definition) is 2. The van der Waals surface area contributed by atoms with Gasteiger partial charge in [0.15, 0.2) is 0 Å². The van der Waals surface area contributed by atoms with E-state index < -0.39 is 0 Å². The van der Waals surface area contributed by atoms with Crippen molar-refractivity contribution in [2.45, 2.75) is 13.8 Å². The van der Waals surface area contributed by atoms with Crippen LogP contribution in [0.15, 0.2) is 36.0 Å². The van der Waals surface area contributed by atoms with Gasteiger partial charge in [-0.1, -0.05) is 30.4 Å². The van der Waals surface area contributed by atoms with Gasteiger partial charge in [0.2, 0.25) is 0 Å². The van der Waals surface area contributed by atoms with Crippen molar-refractivity contribution in [3.63, 3.8) is 0 Å². The molecule has 2 nitrogen and oxygen atoms in total. The van der Waals surface area contributed by atoms with Crippen LogP contribution in [0.25, 0.3) is 0 Å². The SMILES string of the molecule is C=C/C(C)=C\C(=C/C)CON. The molecule has 11 heavy (non-hydrogen) atoms. The smallest absolute Gasteiger partial charge is 0.0926 e. The maximum atomic E-state index is 4.93. The van der Waals surface area contributed by atoms with Crippen LogP contribution >= 0.6 is 0 Å². The van der Waals surface area contributed by atoms with Crippen LogP contribution in [0.4, 0.5) is 0 Å². The Hall–Kier alpha value is -0.860. The van der Waals surface area contributed by atoms with Crippen LogP contribution in [0.2, 0.25) is 0 Å². The van der Waals surface area contributed by atoms with Gasteiger partial charge >= 0.3 is 0 Å². The molecule has 2 heteroatoms. The molecule has 0 aliphatic heterocycles. The fraction of sp³-hybridized carbons (Fsp3) is 0.333. The Morgan fingerprint density at radius 2 is 2.27 bits per heavy atom. The van der Waals surface area contributed by atoms with Gasteiger partial charge in [-0.2, -0.15) is 0 Å². The van der Waals surface area contributed by atoms with Gasteiger partial charge in [0.25, 0.3) is 0 Å². The van der Waals surface area contributed by atoms with Gasteiger partial charge in [0.05, 0.1) is 6.61 Å². The summed E-state index contributed by atoms with van der Waals surface area (Å²) >= 11 is 0. The third kappa shape index (κ3) is 4.53. The molecule has 62 valence electrons. The summed E-state index contributed by atoms with van der Waals surface area (Å²) < 4.78 is 0. The number of rotatable bonds is 4. The van der Waals surface area contributed by atoms with Gasteiger partial charge in [-0.15, -0.1) is 0 Å². The first-order valence-corrected chi connectivity index (χ1v) is 3.52. The molecule has 0 unspecified atom stereocenters. The third-order valence-corrected chi connectivity index (χ3v) is 1.36. The van der Waals surface area contributed by atoms with Gasteiger partial charge in [0, 0.05) is 0 Å². The molecule has 2 N–H and O–H groups in total. The zero-order valence-corrected chi connectivity index (χ0v) is 7.13. The molecule has 0 atom stereocenters. The first-order chi connectivity index (χ1) is 5.24. The molecule has 0 saturated heterocycles. The maximum absolute atomic E-state index is 4.93. The van der Waals surface area contributed by atoms with Crippen molar-refractivity contribution in [2.24, 2.45) is 5.90 Å². The van der Waals surface area contributed by atoms with Crippen LogP contribution in [-0.2, 0) is 4.84 Å². The second kappa shape index (κ2) is 5.89. The van der Waals surface area contributed by atoms with E-state index in [0.717, 1.165) is 11.1 Å². The lowest BCUT2D eigenvalue weighted by molar-refractivity contribution is 0.163. The van der Waals surface area contributed by atoms with Gasteiger partial charge in [0.1, 0.15) is 0 Å². The molecule has 0 aliphatic carbocycles. The third-order valence-electron chi connectivity index (χ3n) is 1.36. The zero-order chi connectivity index (χ0) is 8.69. The predicted molar refractivity (Wildman–Crippen MR) is 47.9 cm³/mol. The Bertz CT molecular complexity index is 180. The van der Waals surface area contributed by atoms with E-state index in [1.165, 1.54) is 0 Å². The van der Waals surface area contributed by atoms with Crippen molar-refractivity contribution in [1.82, 2.24) is 0 Å². The molecule has 0 rings (SSSR count). The van der Waals surface area contributed by atoms with Crippen LogP contribution in [-0.4, -0.2) is 6.61 Å². The van der Waals surface area contributed by atoms with Gasteiger partial charge in [-0.3, -0.25) is 4.84 Å². The van der Waals surface area contributed by atoms with Crippen molar-refractivity contribution in [3.05, 3.63) is 36.0 Å². The van der Waals surface area contributed by atoms with Crippen LogP contribution < -0.4 is 5.90 Å². The Morgan fingerprint density at radius 1 is 1.64 bits per heavy atom. The molecule has 0 saturated carbocycles. The van der Waals surface area contributed by atoms with Gasteiger partial charge < -0.3 is 0 Å². The molecule has 0 aromatic heterocycles. The minimum atomic E-state index is 0.446. The molecular weight excluding hydrogens is 138 g/mol. The van der Waals surface area contributed by atoms with Crippen LogP contribution in [0.5, 0.6) is 0 Å². The summed E-state index contributed by atoms with van der Waals surface area (Å²) in [5.41, 5.74) is 2.17. The van der Waals surface area contributed by atoms with Crippen molar-refractivity contribution >= 4 is 0 Å². The lowest BCUT2D eigenvalue weighted by atomic mass is 10.2. The highest BCUT2D eigenvalue weighted by atomic mass is 16.6. The average Bonchev–Trinajstić information content (AvgIpc) is 2.03. The normalized spacial score (nSPS) is 13.4. The highest BCUT2D eigenvalue weighted by molar-refractivity contribution is 5.27. The molecule has 0 amide bonds. The first kappa shape index (κ1) is 10.1. The molecule has 0 radical (unpaired) electrons. The summed E-state index contributed by atoms with van der Waals surface area (Å²) in [6.07, 6.45) is 5.74. The van der Waals surface area contributed by atoms with E-state index in [4.69, 9.17) is 5.90 Å². The molecule has 0 aromatic rings. The van der Waals surface area contributed by atoms with Gasteiger partial charge in [-0.25, -0.2) is 5.90 Å². The zero-order valence-electron chi connectivity index (χ0n) is 7.13. The van der Waals surface area contributed by atoms with Crippen LogP contribution in [0, 0.1) is 0 Å².